The quantitative estimate of drug-likeness (QED) is 0.890. The molecule has 1 unspecified atom stereocenters. The number of amides is 2. The van der Waals surface area contributed by atoms with Crippen LogP contribution in [0, 0.1) is 0 Å². The molecule has 116 valence electrons. The molecular formula is C15H22N2O4. The van der Waals surface area contributed by atoms with Crippen LogP contribution in [0.15, 0.2) is 24.3 Å². The number of benzene rings is 1. The maximum absolute atomic E-state index is 12.4. The Labute approximate surface area is 124 Å². The van der Waals surface area contributed by atoms with Crippen LogP contribution in [0.4, 0.5) is 10.5 Å². The van der Waals surface area contributed by atoms with E-state index >= 15 is 0 Å². The molecular weight excluding hydrogens is 272 g/mol. The van der Waals surface area contributed by atoms with Gasteiger partial charge >= 0.3 is 6.03 Å². The summed E-state index contributed by atoms with van der Waals surface area (Å²) in [7, 11) is 1.56. The lowest BCUT2D eigenvalue weighted by Crippen LogP contribution is -2.56. The van der Waals surface area contributed by atoms with Crippen molar-refractivity contribution in [1.82, 2.24) is 4.90 Å². The van der Waals surface area contributed by atoms with Crippen LogP contribution < -0.4 is 10.1 Å². The van der Waals surface area contributed by atoms with E-state index in [1.165, 1.54) is 0 Å². The molecule has 6 heteroatoms. The fraction of sp³-hybridized carbons (Fsp3) is 0.533. The molecule has 1 atom stereocenters. The van der Waals surface area contributed by atoms with Crippen LogP contribution >= 0.6 is 0 Å². The first-order valence-corrected chi connectivity index (χ1v) is 6.93. The number of aliphatic hydroxyl groups is 1. The van der Waals surface area contributed by atoms with Crippen LogP contribution in [-0.4, -0.2) is 54.5 Å². The second-order valence-electron chi connectivity index (χ2n) is 5.69. The van der Waals surface area contributed by atoms with Gasteiger partial charge in [0, 0.05) is 0 Å². The molecule has 2 amide bonds. The largest absolute Gasteiger partial charge is 0.495 e. The average molecular weight is 294 g/mol. The molecule has 2 N–H and O–H groups in total. The number of urea groups is 1. The molecule has 0 bridgehead atoms. The number of ether oxygens (including phenoxy) is 2. The van der Waals surface area contributed by atoms with Crippen molar-refractivity contribution < 1.29 is 19.4 Å². The molecule has 0 spiro atoms. The number of aliphatic hydroxyl groups excluding tert-OH is 1. The van der Waals surface area contributed by atoms with E-state index in [2.05, 4.69) is 5.32 Å². The molecule has 1 saturated heterocycles. The lowest BCUT2D eigenvalue weighted by atomic mass is 10.1. The molecule has 0 saturated carbocycles. The Bertz CT molecular complexity index is 504. The molecule has 0 aliphatic carbocycles. The van der Waals surface area contributed by atoms with Crippen molar-refractivity contribution in [2.45, 2.75) is 25.6 Å². The fourth-order valence-electron chi connectivity index (χ4n) is 2.49. The smallest absolute Gasteiger partial charge is 0.322 e. The Morgan fingerprint density at radius 1 is 1.52 bits per heavy atom. The highest BCUT2D eigenvalue weighted by Gasteiger charge is 2.35. The normalized spacial score (nSPS) is 21.0. The van der Waals surface area contributed by atoms with Gasteiger partial charge in [-0.05, 0) is 26.0 Å². The van der Waals surface area contributed by atoms with Gasteiger partial charge in [0.1, 0.15) is 5.75 Å². The maximum Gasteiger partial charge on any atom is 0.322 e. The maximum atomic E-state index is 12.4. The number of nitrogens with one attached hydrogen (secondary N) is 1. The third kappa shape index (κ3) is 3.86. The number of carbonyl (C=O) groups is 1. The lowest BCUT2D eigenvalue weighted by Gasteiger charge is -2.42. The van der Waals surface area contributed by atoms with Crippen molar-refractivity contribution in [2.75, 3.05) is 32.1 Å². The van der Waals surface area contributed by atoms with E-state index in [0.717, 1.165) is 0 Å². The molecule has 1 fully saturated rings. The van der Waals surface area contributed by atoms with Gasteiger partial charge in [-0.1, -0.05) is 12.1 Å². The Balaban J connectivity index is 2.09. The van der Waals surface area contributed by atoms with E-state index in [4.69, 9.17) is 9.47 Å². The summed E-state index contributed by atoms with van der Waals surface area (Å²) in [5.74, 6) is 0.608. The molecule has 21 heavy (non-hydrogen) atoms. The van der Waals surface area contributed by atoms with Crippen molar-refractivity contribution in [1.29, 1.82) is 0 Å². The number of carbonyl (C=O) groups excluding carboxylic acids is 1. The number of rotatable bonds is 3. The molecule has 1 aromatic rings. The molecule has 1 heterocycles. The van der Waals surface area contributed by atoms with Crippen LogP contribution in [-0.2, 0) is 4.74 Å². The summed E-state index contributed by atoms with van der Waals surface area (Å²) in [5.41, 5.74) is 0.138. The highest BCUT2D eigenvalue weighted by atomic mass is 16.5. The van der Waals surface area contributed by atoms with Crippen molar-refractivity contribution in [2.24, 2.45) is 0 Å². The van der Waals surface area contributed by atoms with E-state index in [1.807, 2.05) is 26.0 Å². The monoisotopic (exact) mass is 294 g/mol. The second-order valence-corrected chi connectivity index (χ2v) is 5.69. The van der Waals surface area contributed by atoms with E-state index < -0.39 is 5.60 Å². The summed E-state index contributed by atoms with van der Waals surface area (Å²) in [6.07, 6.45) is -0.364. The number of methoxy groups -OCH3 is 1. The van der Waals surface area contributed by atoms with Gasteiger partial charge < -0.3 is 24.8 Å². The van der Waals surface area contributed by atoms with Crippen LogP contribution in [0.25, 0.3) is 0 Å². The Morgan fingerprint density at radius 3 is 2.90 bits per heavy atom. The first-order valence-electron chi connectivity index (χ1n) is 6.93. The molecule has 0 radical (unpaired) electrons. The predicted molar refractivity (Wildman–Crippen MR) is 79.6 cm³/mol. The molecule has 1 aliphatic rings. The van der Waals surface area contributed by atoms with Gasteiger partial charge in [-0.3, -0.25) is 0 Å². The standard InChI is InChI=1S/C15H22N2O4/c1-15(2)10-17(8-11(9-18)21-15)14(19)16-12-6-4-5-7-13(12)20-3/h4-7,11,18H,8-10H2,1-3H3,(H,16,19). The summed E-state index contributed by atoms with van der Waals surface area (Å²) < 4.78 is 10.9. The lowest BCUT2D eigenvalue weighted by molar-refractivity contribution is -0.137. The second kappa shape index (κ2) is 6.32. The van der Waals surface area contributed by atoms with Crippen molar-refractivity contribution in [3.63, 3.8) is 0 Å². The molecule has 2 rings (SSSR count). The van der Waals surface area contributed by atoms with E-state index in [0.29, 0.717) is 24.5 Å². The summed E-state index contributed by atoms with van der Waals surface area (Å²) >= 11 is 0. The van der Waals surface area contributed by atoms with Crippen LogP contribution in [0.2, 0.25) is 0 Å². The topological polar surface area (TPSA) is 71.0 Å². The van der Waals surface area contributed by atoms with E-state index in [9.17, 15) is 9.90 Å². The fourth-order valence-corrected chi connectivity index (χ4v) is 2.49. The Morgan fingerprint density at radius 2 is 2.24 bits per heavy atom. The SMILES string of the molecule is COc1ccccc1NC(=O)N1CC(CO)OC(C)(C)C1. The number of para-hydroxylation sites is 2. The third-order valence-corrected chi connectivity index (χ3v) is 3.32. The van der Waals surface area contributed by atoms with Gasteiger partial charge in [-0.2, -0.15) is 0 Å². The number of hydrogen-bond acceptors (Lipinski definition) is 4. The van der Waals surface area contributed by atoms with Crippen molar-refractivity contribution >= 4 is 11.7 Å². The van der Waals surface area contributed by atoms with E-state index in [-0.39, 0.29) is 18.7 Å². The first-order chi connectivity index (χ1) is 9.95. The van der Waals surface area contributed by atoms with Crippen LogP contribution in [0.3, 0.4) is 0 Å². The average Bonchev–Trinajstić information content (AvgIpc) is 2.46. The van der Waals surface area contributed by atoms with Crippen molar-refractivity contribution in [3.05, 3.63) is 24.3 Å². The highest BCUT2D eigenvalue weighted by Crippen LogP contribution is 2.25. The Kier molecular flexibility index (Phi) is 4.69. The third-order valence-electron chi connectivity index (χ3n) is 3.32. The number of nitrogens with zero attached hydrogens (tertiary/aromatic N) is 1. The Hall–Kier alpha value is -1.79. The number of anilines is 1. The van der Waals surface area contributed by atoms with Gasteiger partial charge in [0.15, 0.2) is 0 Å². The number of hydrogen-bond donors (Lipinski definition) is 2. The molecule has 1 aromatic carbocycles. The minimum absolute atomic E-state index is 0.109. The molecule has 0 aromatic heterocycles. The minimum Gasteiger partial charge on any atom is -0.495 e. The van der Waals surface area contributed by atoms with Crippen molar-refractivity contribution in [3.8, 4) is 5.75 Å². The zero-order valence-corrected chi connectivity index (χ0v) is 12.6. The predicted octanol–water partition coefficient (Wildman–Crippen LogP) is 1.70. The van der Waals surface area contributed by atoms with Gasteiger partial charge in [0.25, 0.3) is 0 Å². The van der Waals surface area contributed by atoms with E-state index in [1.54, 1.807) is 24.1 Å². The highest BCUT2D eigenvalue weighted by molar-refractivity contribution is 5.91. The summed E-state index contributed by atoms with van der Waals surface area (Å²) in [5, 5.41) is 12.1. The summed E-state index contributed by atoms with van der Waals surface area (Å²) in [4.78, 5) is 14.1. The summed E-state index contributed by atoms with van der Waals surface area (Å²) in [6.45, 7) is 4.52. The van der Waals surface area contributed by atoms with Crippen LogP contribution in [0.5, 0.6) is 5.75 Å². The number of morpholine rings is 1. The molecule has 1 aliphatic heterocycles. The van der Waals surface area contributed by atoms with Gasteiger partial charge in [0.05, 0.1) is 44.2 Å². The van der Waals surface area contributed by atoms with Crippen LogP contribution in [0.1, 0.15) is 13.8 Å². The van der Waals surface area contributed by atoms with Gasteiger partial charge in [0.2, 0.25) is 0 Å². The summed E-state index contributed by atoms with van der Waals surface area (Å²) in [6, 6.07) is 7.02. The zero-order valence-electron chi connectivity index (χ0n) is 12.6. The minimum atomic E-state index is -0.482. The first kappa shape index (κ1) is 15.6. The molecule has 6 nitrogen and oxygen atoms in total. The zero-order chi connectivity index (χ0) is 15.5. The van der Waals surface area contributed by atoms with Gasteiger partial charge in [-0.15, -0.1) is 0 Å². The van der Waals surface area contributed by atoms with Gasteiger partial charge in [-0.25, -0.2) is 4.79 Å².